The van der Waals surface area contributed by atoms with Crippen LogP contribution < -0.4 is 0 Å². The van der Waals surface area contributed by atoms with Gasteiger partial charge >= 0.3 is 5.97 Å². The number of carbonyl (C=O) groups excluding carboxylic acids is 1. The minimum atomic E-state index is -0.414. The van der Waals surface area contributed by atoms with E-state index in [1.54, 1.807) is 0 Å². The van der Waals surface area contributed by atoms with Crippen LogP contribution in [-0.4, -0.2) is 30.9 Å². The maximum Gasteiger partial charge on any atom is 0.331 e. The SMILES string of the molecule is CCC#CCC1(C(O)/C=C/C=C/C(C)(C)CCCC/C=C\c2ccc(COCC(=O)OC)cc2)CCC1. The lowest BCUT2D eigenvalue weighted by atomic mass is 9.63. The number of hydrogen-bond donors (Lipinski definition) is 1. The zero-order valence-electron chi connectivity index (χ0n) is 23.3. The predicted molar refractivity (Wildman–Crippen MR) is 153 cm³/mol. The number of unbranched alkanes of at least 4 members (excludes halogenated alkanes) is 2. The quantitative estimate of drug-likeness (QED) is 0.116. The number of benzene rings is 1. The highest BCUT2D eigenvalue weighted by molar-refractivity contribution is 5.70. The van der Waals surface area contributed by atoms with Gasteiger partial charge in [0.2, 0.25) is 0 Å². The van der Waals surface area contributed by atoms with Crippen molar-refractivity contribution in [3.8, 4) is 11.8 Å². The van der Waals surface area contributed by atoms with Gasteiger partial charge in [-0.25, -0.2) is 4.79 Å². The van der Waals surface area contributed by atoms with Gasteiger partial charge in [-0.3, -0.25) is 0 Å². The Balaban J connectivity index is 1.66. The fourth-order valence-corrected chi connectivity index (χ4v) is 4.44. The molecule has 0 aromatic heterocycles. The Morgan fingerprint density at radius 2 is 1.92 bits per heavy atom. The standard InChI is InChI=1S/C33H46O4/c1-5-6-11-23-33(24-14-25-33)30(34)16-10-13-22-32(2,3)21-12-8-7-9-15-28-17-19-29(20-18-28)26-37-27-31(35)36-4/h9-10,13,15-20,22,30,34H,5,7-8,12,14,21,23-27H2,1-4H3/b15-9-,16-10+,22-13+. The first-order chi connectivity index (χ1) is 17.8. The highest BCUT2D eigenvalue weighted by atomic mass is 16.6. The number of carbonyl (C=O) groups is 1. The lowest BCUT2D eigenvalue weighted by Crippen LogP contribution is -2.40. The topological polar surface area (TPSA) is 55.8 Å². The summed E-state index contributed by atoms with van der Waals surface area (Å²) in [5.41, 5.74) is 2.29. The van der Waals surface area contributed by atoms with Crippen LogP contribution in [-0.2, 0) is 20.9 Å². The molecule has 4 nitrogen and oxygen atoms in total. The molecule has 1 fully saturated rings. The monoisotopic (exact) mass is 506 g/mol. The van der Waals surface area contributed by atoms with Gasteiger partial charge in [0, 0.05) is 18.3 Å². The number of esters is 1. The van der Waals surface area contributed by atoms with Gasteiger partial charge in [-0.2, -0.15) is 0 Å². The van der Waals surface area contributed by atoms with Gasteiger partial charge in [0.05, 0.1) is 19.8 Å². The van der Waals surface area contributed by atoms with Gasteiger partial charge in [-0.05, 0) is 48.6 Å². The second-order valence-electron chi connectivity index (χ2n) is 10.7. The van der Waals surface area contributed by atoms with E-state index in [0.717, 1.165) is 56.1 Å². The molecule has 0 radical (unpaired) electrons. The van der Waals surface area contributed by atoms with E-state index in [2.05, 4.69) is 73.8 Å². The van der Waals surface area contributed by atoms with Crippen molar-refractivity contribution < 1.29 is 19.4 Å². The van der Waals surface area contributed by atoms with Crippen molar-refractivity contribution in [2.24, 2.45) is 10.8 Å². The molecule has 1 N–H and O–H groups in total. The van der Waals surface area contributed by atoms with Crippen LogP contribution in [0.2, 0.25) is 0 Å². The molecule has 202 valence electrons. The molecule has 1 atom stereocenters. The first-order valence-electron chi connectivity index (χ1n) is 13.7. The van der Waals surface area contributed by atoms with Gasteiger partial charge in [0.15, 0.2) is 0 Å². The van der Waals surface area contributed by atoms with Crippen LogP contribution in [0.1, 0.15) is 89.7 Å². The zero-order chi connectivity index (χ0) is 27.0. The summed E-state index contributed by atoms with van der Waals surface area (Å²) in [4.78, 5) is 11.1. The molecule has 1 unspecified atom stereocenters. The predicted octanol–water partition coefficient (Wildman–Crippen LogP) is 7.42. The van der Waals surface area contributed by atoms with Crippen LogP contribution in [0.15, 0.2) is 54.6 Å². The highest BCUT2D eigenvalue weighted by Crippen LogP contribution is 2.47. The summed E-state index contributed by atoms with van der Waals surface area (Å²) in [6.45, 7) is 6.98. The molecule has 1 saturated carbocycles. The van der Waals surface area contributed by atoms with Crippen molar-refractivity contribution in [1.82, 2.24) is 0 Å². The fraction of sp³-hybridized carbons (Fsp3) is 0.545. The lowest BCUT2D eigenvalue weighted by Gasteiger charge is -2.43. The number of aliphatic hydroxyl groups is 1. The molecule has 37 heavy (non-hydrogen) atoms. The molecule has 4 heteroatoms. The second-order valence-corrected chi connectivity index (χ2v) is 10.7. The van der Waals surface area contributed by atoms with Crippen molar-refractivity contribution in [3.63, 3.8) is 0 Å². The fourth-order valence-electron chi connectivity index (χ4n) is 4.44. The molecule has 0 bridgehead atoms. The average Bonchev–Trinajstić information content (AvgIpc) is 2.86. The van der Waals surface area contributed by atoms with Crippen LogP contribution >= 0.6 is 0 Å². The average molecular weight is 507 g/mol. The second kappa shape index (κ2) is 16.3. The summed E-state index contributed by atoms with van der Waals surface area (Å²) in [6.07, 6.45) is 21.8. The summed E-state index contributed by atoms with van der Waals surface area (Å²) < 4.78 is 9.89. The molecule has 0 amide bonds. The van der Waals surface area contributed by atoms with E-state index in [0.29, 0.717) is 6.61 Å². The maximum absolute atomic E-state index is 11.1. The molecule has 0 saturated heterocycles. The van der Waals surface area contributed by atoms with Crippen LogP contribution in [0.25, 0.3) is 6.08 Å². The largest absolute Gasteiger partial charge is 0.467 e. The number of aliphatic hydroxyl groups excluding tert-OH is 1. The molecule has 0 heterocycles. The van der Waals surface area contributed by atoms with Crippen molar-refractivity contribution in [3.05, 3.63) is 65.8 Å². The van der Waals surface area contributed by atoms with Gasteiger partial charge in [-0.1, -0.05) is 94.3 Å². The normalized spacial score (nSPS) is 16.0. The molecule has 1 aliphatic carbocycles. The number of rotatable bonds is 15. The smallest absolute Gasteiger partial charge is 0.331 e. The van der Waals surface area contributed by atoms with Crippen LogP contribution in [0.3, 0.4) is 0 Å². The van der Waals surface area contributed by atoms with Crippen molar-refractivity contribution >= 4 is 12.0 Å². The van der Waals surface area contributed by atoms with Crippen molar-refractivity contribution in [2.75, 3.05) is 13.7 Å². The third kappa shape index (κ3) is 11.5. The summed E-state index contributed by atoms with van der Waals surface area (Å²) in [5.74, 6) is 6.03. The van der Waals surface area contributed by atoms with Gasteiger partial charge in [-0.15, -0.1) is 11.8 Å². The molecule has 1 aromatic carbocycles. The number of allylic oxidation sites excluding steroid dienone is 4. The Hall–Kier alpha value is -2.61. The van der Waals surface area contributed by atoms with Crippen LogP contribution in [0, 0.1) is 22.7 Å². The van der Waals surface area contributed by atoms with E-state index in [-0.39, 0.29) is 23.4 Å². The van der Waals surface area contributed by atoms with Gasteiger partial charge < -0.3 is 14.6 Å². The molecule has 0 aliphatic heterocycles. The third-order valence-corrected chi connectivity index (χ3v) is 7.12. The van der Waals surface area contributed by atoms with E-state index < -0.39 is 6.10 Å². The molecule has 2 rings (SSSR count). The van der Waals surface area contributed by atoms with Crippen LogP contribution in [0.5, 0.6) is 0 Å². The Morgan fingerprint density at radius 1 is 1.16 bits per heavy atom. The molecule has 1 aromatic rings. The van der Waals surface area contributed by atoms with Crippen molar-refractivity contribution in [2.45, 2.75) is 91.3 Å². The summed E-state index contributed by atoms with van der Waals surface area (Å²) in [7, 11) is 1.35. The van der Waals surface area contributed by atoms with Gasteiger partial charge in [0.25, 0.3) is 0 Å². The number of ether oxygens (including phenoxy) is 2. The van der Waals surface area contributed by atoms with E-state index in [4.69, 9.17) is 4.74 Å². The lowest BCUT2D eigenvalue weighted by molar-refractivity contribution is -0.146. The van der Waals surface area contributed by atoms with E-state index >= 15 is 0 Å². The van der Waals surface area contributed by atoms with E-state index in [1.807, 2.05) is 24.3 Å². The molecular weight excluding hydrogens is 460 g/mol. The maximum atomic E-state index is 11.1. The Bertz CT molecular complexity index is 952. The zero-order valence-corrected chi connectivity index (χ0v) is 23.3. The number of methoxy groups -OCH3 is 1. The van der Waals surface area contributed by atoms with Gasteiger partial charge in [0.1, 0.15) is 6.61 Å². The van der Waals surface area contributed by atoms with Crippen molar-refractivity contribution in [1.29, 1.82) is 0 Å². The summed E-state index contributed by atoms with van der Waals surface area (Å²) in [5, 5.41) is 10.7. The minimum Gasteiger partial charge on any atom is -0.467 e. The molecule has 1 aliphatic rings. The Morgan fingerprint density at radius 3 is 2.57 bits per heavy atom. The Kier molecular flexibility index (Phi) is 13.5. The summed E-state index contributed by atoms with van der Waals surface area (Å²) >= 11 is 0. The highest BCUT2D eigenvalue weighted by Gasteiger charge is 2.41. The van der Waals surface area contributed by atoms with Crippen LogP contribution in [0.4, 0.5) is 0 Å². The van der Waals surface area contributed by atoms with E-state index in [1.165, 1.54) is 20.0 Å². The number of hydrogen-bond acceptors (Lipinski definition) is 4. The minimum absolute atomic E-state index is 0.0274. The van der Waals surface area contributed by atoms with E-state index in [9.17, 15) is 9.90 Å². The first-order valence-corrected chi connectivity index (χ1v) is 13.7. The molecular formula is C33H46O4. The summed E-state index contributed by atoms with van der Waals surface area (Å²) in [6, 6.07) is 8.17. The third-order valence-electron chi connectivity index (χ3n) is 7.12. The molecule has 0 spiro atoms. The Labute approximate surface area is 224 Å². The first kappa shape index (κ1) is 30.6.